The van der Waals surface area contributed by atoms with E-state index < -0.39 is 0 Å². The average molecular weight is 329 g/mol. The summed E-state index contributed by atoms with van der Waals surface area (Å²) in [4.78, 5) is 12.5. The van der Waals surface area contributed by atoms with E-state index in [9.17, 15) is 9.90 Å². The molecule has 0 saturated heterocycles. The summed E-state index contributed by atoms with van der Waals surface area (Å²) >= 11 is 0. The molecule has 0 saturated carbocycles. The first-order valence-electron chi connectivity index (χ1n) is 7.64. The zero-order chi connectivity index (χ0) is 17.8. The molecule has 1 N–H and O–H groups in total. The fourth-order valence-electron chi connectivity index (χ4n) is 2.60. The van der Waals surface area contributed by atoms with Crippen LogP contribution in [0.15, 0.2) is 66.7 Å². The van der Waals surface area contributed by atoms with Crippen molar-refractivity contribution < 1.29 is 14.6 Å². The predicted molar refractivity (Wildman–Crippen MR) is 94.7 cm³/mol. The van der Waals surface area contributed by atoms with E-state index in [1.807, 2.05) is 6.07 Å². The molecule has 0 aliphatic rings. The summed E-state index contributed by atoms with van der Waals surface area (Å²) in [5, 5.41) is 19.4. The van der Waals surface area contributed by atoms with Gasteiger partial charge in [0.1, 0.15) is 11.5 Å². The van der Waals surface area contributed by atoms with Gasteiger partial charge < -0.3 is 9.84 Å². The van der Waals surface area contributed by atoms with Crippen molar-refractivity contribution in [2.24, 2.45) is 0 Å². The summed E-state index contributed by atoms with van der Waals surface area (Å²) < 4.78 is 5.20. The lowest BCUT2D eigenvalue weighted by molar-refractivity contribution is 0.103. The molecule has 0 aromatic heterocycles. The number of hydrogen-bond donors (Lipinski definition) is 1. The Morgan fingerprint density at radius 3 is 2.40 bits per heavy atom. The van der Waals surface area contributed by atoms with Gasteiger partial charge in [-0.2, -0.15) is 5.26 Å². The van der Waals surface area contributed by atoms with Gasteiger partial charge in [-0.3, -0.25) is 4.79 Å². The Morgan fingerprint density at radius 2 is 1.76 bits per heavy atom. The molecule has 0 heterocycles. The summed E-state index contributed by atoms with van der Waals surface area (Å²) in [7, 11) is 1.53. The van der Waals surface area contributed by atoms with E-state index in [2.05, 4.69) is 6.07 Å². The molecule has 0 fully saturated rings. The van der Waals surface area contributed by atoms with Crippen LogP contribution in [-0.4, -0.2) is 18.0 Å². The number of methoxy groups -OCH3 is 1. The molecule has 122 valence electrons. The number of aromatic hydroxyl groups is 1. The van der Waals surface area contributed by atoms with Crippen molar-refractivity contribution in [2.45, 2.75) is 0 Å². The number of ether oxygens (including phenoxy) is 1. The Labute approximate surface area is 145 Å². The molecule has 0 bridgehead atoms. The Hall–Kier alpha value is -3.58. The summed E-state index contributed by atoms with van der Waals surface area (Å²) in [6, 6.07) is 20.8. The molecule has 4 nitrogen and oxygen atoms in total. The summed E-state index contributed by atoms with van der Waals surface area (Å²) in [5.41, 5.74) is 2.62. The third-order valence-electron chi connectivity index (χ3n) is 3.88. The Balaban J connectivity index is 2.01. The molecule has 0 amide bonds. The van der Waals surface area contributed by atoms with Crippen LogP contribution in [0, 0.1) is 11.3 Å². The standard InChI is InChI=1S/C21H15NO3/c1-25-18-10-14(13-22)9-17(11-18)16-7-8-19(20(23)12-16)21(24)15-5-3-2-4-6-15/h2-12,23H,1H3. The number of ketones is 1. The van der Waals surface area contributed by atoms with Gasteiger partial charge in [0.15, 0.2) is 5.78 Å². The monoisotopic (exact) mass is 329 g/mol. The molecule has 0 aliphatic heterocycles. The first-order valence-corrected chi connectivity index (χ1v) is 7.64. The fourth-order valence-corrected chi connectivity index (χ4v) is 2.60. The summed E-state index contributed by atoms with van der Waals surface area (Å²) in [5.74, 6) is 0.207. The van der Waals surface area contributed by atoms with Crippen molar-refractivity contribution in [1.29, 1.82) is 5.26 Å². The van der Waals surface area contributed by atoms with E-state index in [1.54, 1.807) is 54.6 Å². The average Bonchev–Trinajstić information content (AvgIpc) is 2.67. The van der Waals surface area contributed by atoms with Crippen molar-refractivity contribution in [2.75, 3.05) is 7.11 Å². The van der Waals surface area contributed by atoms with Crippen LogP contribution in [-0.2, 0) is 0 Å². The van der Waals surface area contributed by atoms with Crippen molar-refractivity contribution in [3.05, 3.63) is 83.4 Å². The van der Waals surface area contributed by atoms with Crippen LogP contribution in [0.4, 0.5) is 0 Å². The minimum absolute atomic E-state index is 0.104. The van der Waals surface area contributed by atoms with Crippen LogP contribution in [0.5, 0.6) is 11.5 Å². The van der Waals surface area contributed by atoms with Crippen molar-refractivity contribution >= 4 is 5.78 Å². The van der Waals surface area contributed by atoms with Crippen LogP contribution >= 0.6 is 0 Å². The number of phenolic OH excluding ortho intramolecular Hbond substituents is 1. The van der Waals surface area contributed by atoms with Crippen LogP contribution in [0.1, 0.15) is 21.5 Å². The number of carbonyl (C=O) groups excluding carboxylic acids is 1. The topological polar surface area (TPSA) is 70.3 Å². The van der Waals surface area contributed by atoms with Crippen molar-refractivity contribution in [3.63, 3.8) is 0 Å². The van der Waals surface area contributed by atoms with E-state index in [-0.39, 0.29) is 17.1 Å². The highest BCUT2D eigenvalue weighted by molar-refractivity contribution is 6.10. The smallest absolute Gasteiger partial charge is 0.196 e. The van der Waals surface area contributed by atoms with Crippen molar-refractivity contribution in [3.8, 4) is 28.7 Å². The van der Waals surface area contributed by atoms with Gasteiger partial charge in [-0.15, -0.1) is 0 Å². The molecule has 0 radical (unpaired) electrons. The highest BCUT2D eigenvalue weighted by Gasteiger charge is 2.14. The number of phenols is 1. The van der Waals surface area contributed by atoms with E-state index in [4.69, 9.17) is 10.00 Å². The maximum atomic E-state index is 12.5. The summed E-state index contributed by atoms with van der Waals surface area (Å²) in [6.45, 7) is 0. The number of benzene rings is 3. The Morgan fingerprint density at radius 1 is 1.00 bits per heavy atom. The number of carbonyl (C=O) groups is 1. The predicted octanol–water partition coefficient (Wildman–Crippen LogP) is 4.17. The van der Waals surface area contributed by atoms with E-state index in [0.29, 0.717) is 22.4 Å². The molecule has 25 heavy (non-hydrogen) atoms. The molecule has 3 rings (SSSR count). The molecule has 3 aromatic carbocycles. The molecule has 0 atom stereocenters. The fraction of sp³-hybridized carbons (Fsp3) is 0.0476. The second-order valence-corrected chi connectivity index (χ2v) is 5.49. The lowest BCUT2D eigenvalue weighted by Crippen LogP contribution is -2.01. The van der Waals surface area contributed by atoms with Crippen molar-refractivity contribution in [1.82, 2.24) is 0 Å². The quantitative estimate of drug-likeness (QED) is 0.729. The second-order valence-electron chi connectivity index (χ2n) is 5.49. The lowest BCUT2D eigenvalue weighted by atomic mass is 9.97. The maximum Gasteiger partial charge on any atom is 0.196 e. The number of nitriles is 1. The highest BCUT2D eigenvalue weighted by atomic mass is 16.5. The summed E-state index contributed by atoms with van der Waals surface area (Å²) in [6.07, 6.45) is 0. The zero-order valence-electron chi connectivity index (χ0n) is 13.6. The molecule has 3 aromatic rings. The van der Waals surface area contributed by atoms with Crippen LogP contribution in [0.3, 0.4) is 0 Å². The molecule has 0 unspecified atom stereocenters. The van der Waals surface area contributed by atoms with Gasteiger partial charge in [-0.05, 0) is 41.5 Å². The normalized spacial score (nSPS) is 10.1. The Bertz CT molecular complexity index is 972. The molecule has 4 heteroatoms. The second kappa shape index (κ2) is 6.90. The van der Waals surface area contributed by atoms with Crippen LogP contribution < -0.4 is 4.74 Å². The third kappa shape index (κ3) is 3.36. The largest absolute Gasteiger partial charge is 0.507 e. The van der Waals surface area contributed by atoms with Gasteiger partial charge in [-0.1, -0.05) is 36.4 Å². The first-order chi connectivity index (χ1) is 12.1. The number of nitrogens with zero attached hydrogens (tertiary/aromatic N) is 1. The molecular weight excluding hydrogens is 314 g/mol. The number of rotatable bonds is 4. The highest BCUT2D eigenvalue weighted by Crippen LogP contribution is 2.31. The number of hydrogen-bond acceptors (Lipinski definition) is 4. The molecule has 0 aliphatic carbocycles. The van der Waals surface area contributed by atoms with E-state index in [0.717, 1.165) is 5.56 Å². The Kier molecular flexibility index (Phi) is 4.49. The minimum atomic E-state index is -0.243. The molecule has 0 spiro atoms. The third-order valence-corrected chi connectivity index (χ3v) is 3.88. The van der Waals surface area contributed by atoms with Gasteiger partial charge in [0.05, 0.1) is 24.3 Å². The van der Waals surface area contributed by atoms with Gasteiger partial charge in [0.2, 0.25) is 0 Å². The van der Waals surface area contributed by atoms with Crippen LogP contribution in [0.2, 0.25) is 0 Å². The van der Waals surface area contributed by atoms with E-state index in [1.165, 1.54) is 13.2 Å². The van der Waals surface area contributed by atoms with Crippen LogP contribution in [0.25, 0.3) is 11.1 Å². The van der Waals surface area contributed by atoms with Gasteiger partial charge >= 0.3 is 0 Å². The first kappa shape index (κ1) is 16.3. The van der Waals surface area contributed by atoms with Gasteiger partial charge in [0.25, 0.3) is 0 Å². The molecular formula is C21H15NO3. The van der Waals surface area contributed by atoms with E-state index >= 15 is 0 Å². The minimum Gasteiger partial charge on any atom is -0.507 e. The van der Waals surface area contributed by atoms with Gasteiger partial charge in [-0.25, -0.2) is 0 Å². The SMILES string of the molecule is COc1cc(C#N)cc(-c2ccc(C(=O)c3ccccc3)c(O)c2)c1. The zero-order valence-corrected chi connectivity index (χ0v) is 13.6. The van der Waals surface area contributed by atoms with Gasteiger partial charge in [0, 0.05) is 5.56 Å². The lowest BCUT2D eigenvalue weighted by Gasteiger charge is -2.09. The maximum absolute atomic E-state index is 12.5.